The lowest BCUT2D eigenvalue weighted by Crippen LogP contribution is -2.06. The molecule has 1 nitrogen and oxygen atoms in total. The van der Waals surface area contributed by atoms with Crippen molar-refractivity contribution in [1.29, 1.82) is 0 Å². The van der Waals surface area contributed by atoms with Gasteiger partial charge < -0.3 is 0 Å². The number of rotatable bonds is 2. The summed E-state index contributed by atoms with van der Waals surface area (Å²) in [6.07, 6.45) is 0. The molecule has 0 spiro atoms. The summed E-state index contributed by atoms with van der Waals surface area (Å²) in [5, 5.41) is 0.240. The first kappa shape index (κ1) is 12.7. The third-order valence-electron chi connectivity index (χ3n) is 2.61. The average molecular weight is 267 g/mol. The molecule has 0 bridgehead atoms. The molecule has 0 aliphatic carbocycles. The molecule has 0 aliphatic heterocycles. The largest absolute Gasteiger partial charge is 0.288 e. The zero-order chi connectivity index (χ0) is 13.3. The molecule has 0 atom stereocenters. The van der Waals surface area contributed by atoms with Gasteiger partial charge in [-0.05, 0) is 30.7 Å². The third-order valence-corrected chi connectivity index (χ3v) is 2.94. The number of halogens is 3. The van der Waals surface area contributed by atoms with Crippen LogP contribution in [0.3, 0.4) is 0 Å². The number of ketones is 1. The van der Waals surface area contributed by atoms with Gasteiger partial charge in [0.2, 0.25) is 0 Å². The fraction of sp³-hybridized carbons (Fsp3) is 0.0714. The molecule has 0 saturated carbocycles. The summed E-state index contributed by atoms with van der Waals surface area (Å²) in [5.74, 6) is -2.12. The lowest BCUT2D eigenvalue weighted by Gasteiger charge is -2.06. The van der Waals surface area contributed by atoms with E-state index in [1.807, 2.05) is 0 Å². The highest BCUT2D eigenvalue weighted by molar-refractivity contribution is 6.35. The Bertz CT molecular complexity index is 623. The predicted molar refractivity (Wildman–Crippen MR) is 66.0 cm³/mol. The van der Waals surface area contributed by atoms with Gasteiger partial charge in [-0.2, -0.15) is 0 Å². The SMILES string of the molecule is Cc1cc(C(=O)c2ccccc2Cl)c(F)cc1F. The van der Waals surface area contributed by atoms with Crippen molar-refractivity contribution in [3.63, 3.8) is 0 Å². The van der Waals surface area contributed by atoms with Gasteiger partial charge in [0.05, 0.1) is 10.6 Å². The minimum atomic E-state index is -0.886. The molecule has 0 aromatic heterocycles. The Morgan fingerprint density at radius 2 is 1.72 bits per heavy atom. The number of carbonyl (C=O) groups excluding carboxylic acids is 1. The van der Waals surface area contributed by atoms with E-state index < -0.39 is 17.4 Å². The lowest BCUT2D eigenvalue weighted by atomic mass is 10.0. The maximum Gasteiger partial charge on any atom is 0.197 e. The van der Waals surface area contributed by atoms with Crippen LogP contribution < -0.4 is 0 Å². The van der Waals surface area contributed by atoms with Crippen LogP contribution in [0.5, 0.6) is 0 Å². The Hall–Kier alpha value is -1.74. The molecule has 92 valence electrons. The van der Waals surface area contributed by atoms with E-state index in [0.29, 0.717) is 6.07 Å². The van der Waals surface area contributed by atoms with E-state index in [0.717, 1.165) is 0 Å². The number of carbonyl (C=O) groups is 1. The molecule has 0 N–H and O–H groups in total. The standard InChI is InChI=1S/C14H9ClF2O/c1-8-6-10(13(17)7-12(8)16)14(18)9-4-2-3-5-11(9)15/h2-7H,1H3. The van der Waals surface area contributed by atoms with Crippen molar-refractivity contribution in [3.05, 3.63) is 69.7 Å². The van der Waals surface area contributed by atoms with Crippen LogP contribution in [0.2, 0.25) is 5.02 Å². The molecule has 0 amide bonds. The van der Waals surface area contributed by atoms with Crippen LogP contribution in [0.15, 0.2) is 36.4 Å². The van der Waals surface area contributed by atoms with Crippen LogP contribution in [0.4, 0.5) is 8.78 Å². The summed E-state index contributed by atoms with van der Waals surface area (Å²) >= 11 is 5.88. The molecule has 4 heteroatoms. The molecule has 2 aromatic rings. The van der Waals surface area contributed by atoms with Crippen molar-refractivity contribution in [2.24, 2.45) is 0 Å². The van der Waals surface area contributed by atoms with Gasteiger partial charge in [-0.25, -0.2) is 8.78 Å². The summed E-state index contributed by atoms with van der Waals surface area (Å²) in [5.41, 5.74) is 0.234. The van der Waals surface area contributed by atoms with Crippen LogP contribution >= 0.6 is 11.6 Å². The van der Waals surface area contributed by atoms with E-state index in [1.165, 1.54) is 19.1 Å². The Labute approximate surface area is 108 Å². The minimum Gasteiger partial charge on any atom is -0.288 e. The van der Waals surface area contributed by atoms with E-state index in [9.17, 15) is 13.6 Å². The van der Waals surface area contributed by atoms with Crippen LogP contribution in [0.25, 0.3) is 0 Å². The van der Waals surface area contributed by atoms with Gasteiger partial charge in [-0.1, -0.05) is 23.7 Å². The third kappa shape index (κ3) is 2.27. The maximum atomic E-state index is 13.6. The Balaban J connectivity index is 2.53. The summed E-state index contributed by atoms with van der Waals surface area (Å²) in [6, 6.07) is 8.25. The van der Waals surface area contributed by atoms with Gasteiger partial charge in [0.25, 0.3) is 0 Å². The molecule has 0 radical (unpaired) electrons. The monoisotopic (exact) mass is 266 g/mol. The zero-order valence-corrected chi connectivity index (χ0v) is 10.3. The number of aryl methyl sites for hydroxylation is 1. The average Bonchev–Trinajstić information content (AvgIpc) is 2.33. The first-order valence-electron chi connectivity index (χ1n) is 5.25. The van der Waals surface area contributed by atoms with Gasteiger partial charge in [-0.15, -0.1) is 0 Å². The Morgan fingerprint density at radius 1 is 1.06 bits per heavy atom. The molecule has 0 heterocycles. The van der Waals surface area contributed by atoms with Gasteiger partial charge in [0, 0.05) is 11.6 Å². The van der Waals surface area contributed by atoms with Gasteiger partial charge in [0.1, 0.15) is 11.6 Å². The number of benzene rings is 2. The maximum absolute atomic E-state index is 13.6. The van der Waals surface area contributed by atoms with E-state index in [2.05, 4.69) is 0 Å². The molecule has 18 heavy (non-hydrogen) atoms. The normalized spacial score (nSPS) is 10.4. The summed E-state index contributed by atoms with van der Waals surface area (Å²) < 4.78 is 26.7. The first-order valence-corrected chi connectivity index (χ1v) is 5.63. The molecule has 2 rings (SSSR count). The predicted octanol–water partition coefficient (Wildman–Crippen LogP) is 4.16. The van der Waals surface area contributed by atoms with Crippen molar-refractivity contribution >= 4 is 17.4 Å². The topological polar surface area (TPSA) is 17.1 Å². The Morgan fingerprint density at radius 3 is 2.39 bits per heavy atom. The number of hydrogen-bond donors (Lipinski definition) is 0. The second kappa shape index (κ2) is 4.86. The van der Waals surface area contributed by atoms with Gasteiger partial charge in [-0.3, -0.25) is 4.79 Å². The van der Waals surface area contributed by atoms with Crippen LogP contribution in [0, 0.1) is 18.6 Å². The van der Waals surface area contributed by atoms with E-state index in [4.69, 9.17) is 11.6 Å². The van der Waals surface area contributed by atoms with E-state index in [1.54, 1.807) is 18.2 Å². The second-order valence-corrected chi connectivity index (χ2v) is 4.30. The molecular formula is C14H9ClF2O. The minimum absolute atomic E-state index is 0.179. The van der Waals surface area contributed by atoms with Crippen molar-refractivity contribution in [3.8, 4) is 0 Å². The highest BCUT2D eigenvalue weighted by atomic mass is 35.5. The second-order valence-electron chi connectivity index (χ2n) is 3.89. The van der Waals surface area contributed by atoms with Crippen molar-refractivity contribution < 1.29 is 13.6 Å². The molecule has 0 unspecified atom stereocenters. The lowest BCUT2D eigenvalue weighted by molar-refractivity contribution is 0.103. The van der Waals surface area contributed by atoms with E-state index >= 15 is 0 Å². The van der Waals surface area contributed by atoms with Crippen LogP contribution in [-0.4, -0.2) is 5.78 Å². The van der Waals surface area contributed by atoms with Crippen molar-refractivity contribution in [1.82, 2.24) is 0 Å². The number of hydrogen-bond acceptors (Lipinski definition) is 1. The highest BCUT2D eigenvalue weighted by Crippen LogP contribution is 2.22. The summed E-state index contributed by atoms with van der Waals surface area (Å²) in [7, 11) is 0. The summed E-state index contributed by atoms with van der Waals surface area (Å²) in [4.78, 5) is 12.1. The smallest absolute Gasteiger partial charge is 0.197 e. The van der Waals surface area contributed by atoms with Gasteiger partial charge in [0.15, 0.2) is 5.78 Å². The van der Waals surface area contributed by atoms with Crippen molar-refractivity contribution in [2.45, 2.75) is 6.92 Å². The fourth-order valence-corrected chi connectivity index (χ4v) is 1.84. The molecular weight excluding hydrogens is 258 g/mol. The molecule has 0 fully saturated rings. The fourth-order valence-electron chi connectivity index (χ4n) is 1.62. The van der Waals surface area contributed by atoms with Crippen LogP contribution in [-0.2, 0) is 0 Å². The molecule has 0 saturated heterocycles. The quantitative estimate of drug-likeness (QED) is 0.746. The molecule has 0 aliphatic rings. The molecule has 2 aromatic carbocycles. The van der Waals surface area contributed by atoms with Crippen molar-refractivity contribution in [2.75, 3.05) is 0 Å². The Kier molecular flexibility index (Phi) is 3.43. The van der Waals surface area contributed by atoms with E-state index in [-0.39, 0.29) is 21.7 Å². The highest BCUT2D eigenvalue weighted by Gasteiger charge is 2.18. The first-order chi connectivity index (χ1) is 8.50. The van der Waals surface area contributed by atoms with Gasteiger partial charge >= 0.3 is 0 Å². The zero-order valence-electron chi connectivity index (χ0n) is 9.51. The van der Waals surface area contributed by atoms with Crippen LogP contribution in [0.1, 0.15) is 21.5 Å². The summed E-state index contributed by atoms with van der Waals surface area (Å²) in [6.45, 7) is 1.47.